The normalized spacial score (nSPS) is 56.2. The Morgan fingerprint density at radius 3 is 1.92 bits per heavy atom. The lowest BCUT2D eigenvalue weighted by atomic mass is 9.33. The van der Waals surface area contributed by atoms with Gasteiger partial charge in [-0.3, -0.25) is 4.79 Å². The van der Waals surface area contributed by atoms with Gasteiger partial charge in [-0.25, -0.2) is 0 Å². The summed E-state index contributed by atoms with van der Waals surface area (Å²) in [7, 11) is 0. The van der Waals surface area contributed by atoms with Crippen molar-refractivity contribution in [2.45, 2.75) is 247 Å². The summed E-state index contributed by atoms with van der Waals surface area (Å²) in [6.07, 6.45) is -32.4. The number of allylic oxidation sites excluding steroid dienone is 2. The fourth-order valence-electron chi connectivity index (χ4n) is 17.1. The summed E-state index contributed by atoms with van der Waals surface area (Å²) in [6.45, 7) is 11.0. The summed E-state index contributed by atoms with van der Waals surface area (Å²) in [5.41, 5.74) is -6.08. The fourth-order valence-corrected chi connectivity index (χ4v) is 17.1. The van der Waals surface area contributed by atoms with E-state index in [1.54, 1.807) is 6.92 Å². The molecule has 27 nitrogen and oxygen atoms in total. The minimum Gasteiger partial charge on any atom is -0.432 e. The zero-order valence-corrected chi connectivity index (χ0v) is 47.9. The number of ether oxygens (including phenoxy) is 10. The number of esters is 1. The Balaban J connectivity index is 0.858. The zero-order chi connectivity index (χ0) is 60.6. The van der Waals surface area contributed by atoms with Crippen LogP contribution in [0.4, 0.5) is 0 Å². The van der Waals surface area contributed by atoms with E-state index in [4.69, 9.17) is 47.4 Å². The van der Waals surface area contributed by atoms with E-state index >= 15 is 4.79 Å². The summed E-state index contributed by atoms with van der Waals surface area (Å²) in [5.74, 6) is -1.86. The molecule has 10 aliphatic rings. The number of fused-ring (bicyclic) bond motifs is 7. The van der Waals surface area contributed by atoms with Crippen LogP contribution >= 0.6 is 0 Å². The summed E-state index contributed by atoms with van der Waals surface area (Å²) in [6, 6.07) is 0. The maximum absolute atomic E-state index is 15.4. The van der Waals surface area contributed by atoms with Crippen molar-refractivity contribution in [2.24, 2.45) is 50.2 Å². The first-order valence-electron chi connectivity index (χ1n) is 29.3. The molecule has 32 atom stereocenters. The Bertz CT molecular complexity index is 2350. The van der Waals surface area contributed by atoms with Crippen molar-refractivity contribution in [3.63, 3.8) is 0 Å². The van der Waals surface area contributed by atoms with Crippen molar-refractivity contribution in [1.82, 2.24) is 0 Å². The van der Waals surface area contributed by atoms with E-state index in [0.29, 0.717) is 32.1 Å². The first kappa shape index (κ1) is 64.2. The summed E-state index contributed by atoms with van der Waals surface area (Å²) >= 11 is 0. The van der Waals surface area contributed by atoms with Crippen molar-refractivity contribution in [2.75, 3.05) is 33.0 Å². The molecule has 83 heavy (non-hydrogen) atoms. The lowest BCUT2D eigenvalue weighted by Gasteiger charge is -2.72. The third-order valence-electron chi connectivity index (χ3n) is 22.3. The molecule has 0 aromatic rings. The molecule has 16 N–H and O–H groups in total. The third-order valence-corrected chi connectivity index (χ3v) is 22.3. The number of aliphatic hydroxyl groups is 16. The Hall–Kier alpha value is -1.79. The van der Waals surface area contributed by atoms with Crippen LogP contribution in [0, 0.1) is 50.2 Å². The van der Waals surface area contributed by atoms with Crippen molar-refractivity contribution in [3.8, 4) is 0 Å². The van der Waals surface area contributed by atoms with Gasteiger partial charge in [0.25, 0.3) is 0 Å². The predicted octanol–water partition coefficient (Wildman–Crippen LogP) is -4.39. The smallest absolute Gasteiger partial charge is 0.317 e. The van der Waals surface area contributed by atoms with Crippen molar-refractivity contribution in [3.05, 3.63) is 11.6 Å². The second-order valence-electron chi connectivity index (χ2n) is 27.6. The maximum Gasteiger partial charge on any atom is 0.317 e. The fraction of sp³-hybridized carbons (Fsp3) is 0.946. The maximum atomic E-state index is 15.4. The Kier molecular flexibility index (Phi) is 17.7. The average Bonchev–Trinajstić information content (AvgIpc) is 1.01. The topological polar surface area (TPSA) is 433 Å². The average molecular weight is 1200 g/mol. The van der Waals surface area contributed by atoms with Gasteiger partial charge >= 0.3 is 5.97 Å². The number of carbonyl (C=O) groups is 1. The predicted molar refractivity (Wildman–Crippen MR) is 275 cm³/mol. The molecule has 476 valence electrons. The van der Waals surface area contributed by atoms with Crippen LogP contribution in [0.25, 0.3) is 0 Å². The molecule has 5 saturated heterocycles. The minimum atomic E-state index is -2.07. The van der Waals surface area contributed by atoms with Crippen LogP contribution in [-0.2, 0) is 52.2 Å². The highest BCUT2D eigenvalue weighted by Gasteiger charge is 2.73. The molecule has 0 radical (unpaired) electrons. The Labute approximate surface area is 480 Å². The van der Waals surface area contributed by atoms with Gasteiger partial charge < -0.3 is 129 Å². The molecule has 0 aromatic carbocycles. The zero-order valence-electron chi connectivity index (χ0n) is 47.9. The standard InChI is InChI=1S/C56H90O27/c1-22-38(78-44-37(69)39(27(61)18-74-44)79-48-41(70)55(73,20-58)21-76-48)33(65)36(68)45(77-22)80-40-31(63)26(60)17-75-47(40)83-49(72)56-13-12-50(2,3)14-24(56)23-8-9-29-51(4)15-25(59)42(81-46-35(67)32(64)34(66)43(71)82-46)52(5,19-57)28(51)10-11-53(29,6)54(23,7)16-30(56)62/h8,22,24-48,57-71,73H,9-21H2,1-7H3. The molecule has 10 rings (SSSR count). The molecule has 0 aromatic heterocycles. The highest BCUT2D eigenvalue weighted by atomic mass is 16.8. The van der Waals surface area contributed by atoms with Crippen LogP contribution in [0.2, 0.25) is 0 Å². The largest absolute Gasteiger partial charge is 0.432 e. The highest BCUT2D eigenvalue weighted by molar-refractivity contribution is 5.80. The van der Waals surface area contributed by atoms with E-state index in [1.807, 2.05) is 0 Å². The number of aliphatic hydroxyl groups excluding tert-OH is 15. The van der Waals surface area contributed by atoms with E-state index < -0.39 is 219 Å². The van der Waals surface area contributed by atoms with Gasteiger partial charge in [0, 0.05) is 5.41 Å². The van der Waals surface area contributed by atoms with Crippen LogP contribution in [0.5, 0.6) is 0 Å². The lowest BCUT2D eigenvalue weighted by Crippen LogP contribution is -2.70. The van der Waals surface area contributed by atoms with Crippen molar-refractivity contribution < 1.29 is 134 Å². The Morgan fingerprint density at radius 1 is 0.602 bits per heavy atom. The molecule has 0 bridgehead atoms. The van der Waals surface area contributed by atoms with Gasteiger partial charge in [0.05, 0.1) is 57.5 Å². The highest BCUT2D eigenvalue weighted by Crippen LogP contribution is 2.76. The molecule has 9 fully saturated rings. The molecule has 5 aliphatic carbocycles. The molecule has 0 spiro atoms. The quantitative estimate of drug-likeness (QED) is 0.0498. The number of carbonyl (C=O) groups excluding carboxylic acids is 1. The first-order chi connectivity index (χ1) is 38.8. The summed E-state index contributed by atoms with van der Waals surface area (Å²) in [4.78, 5) is 15.4. The second kappa shape index (κ2) is 22.9. The minimum absolute atomic E-state index is 0.121. The molecule has 0 amide bonds. The van der Waals surface area contributed by atoms with E-state index in [-0.39, 0.29) is 36.5 Å². The number of hydrogen-bond donors (Lipinski definition) is 16. The molecule has 5 heterocycles. The van der Waals surface area contributed by atoms with Crippen LogP contribution in [-0.4, -0.2) is 268 Å². The molecule has 5 aliphatic heterocycles. The first-order valence-corrected chi connectivity index (χ1v) is 29.3. The van der Waals surface area contributed by atoms with E-state index in [0.717, 1.165) is 5.57 Å². The van der Waals surface area contributed by atoms with Gasteiger partial charge in [-0.15, -0.1) is 0 Å². The van der Waals surface area contributed by atoms with Gasteiger partial charge in [-0.2, -0.15) is 0 Å². The molecular formula is C56H90O27. The van der Waals surface area contributed by atoms with Crippen molar-refractivity contribution in [1.29, 1.82) is 0 Å². The third kappa shape index (κ3) is 10.3. The van der Waals surface area contributed by atoms with Crippen LogP contribution in [0.3, 0.4) is 0 Å². The van der Waals surface area contributed by atoms with Crippen LogP contribution in [0.1, 0.15) is 99.8 Å². The van der Waals surface area contributed by atoms with E-state index in [2.05, 4.69) is 40.7 Å². The summed E-state index contributed by atoms with van der Waals surface area (Å²) < 4.78 is 58.2. The van der Waals surface area contributed by atoms with E-state index in [9.17, 15) is 81.7 Å². The molecule has 27 heteroatoms. The lowest BCUT2D eigenvalue weighted by molar-refractivity contribution is -0.372. The summed E-state index contributed by atoms with van der Waals surface area (Å²) in [5, 5.41) is 176. The van der Waals surface area contributed by atoms with Crippen LogP contribution < -0.4 is 0 Å². The van der Waals surface area contributed by atoms with Gasteiger partial charge in [0.1, 0.15) is 84.3 Å². The van der Waals surface area contributed by atoms with Crippen LogP contribution in [0.15, 0.2) is 11.6 Å². The Morgan fingerprint density at radius 2 is 1.24 bits per heavy atom. The SMILES string of the molecule is CC1OC(OC2C(OC(=O)C34CCC(C)(C)CC3C3=CCC5C6(C)CC(O)C(OC7OC(O)C(O)C(O)C7O)C(C)(CO)C6CCC5(C)C3(C)CC4O)OCC(O)C2O)C(O)C(O)C1OC1OCC(O)C(OC2OCC(O)(CO)C2O)C1O. The molecule has 4 saturated carbocycles. The monoisotopic (exact) mass is 1190 g/mol. The molecule has 32 unspecified atom stereocenters. The van der Waals surface area contributed by atoms with Gasteiger partial charge in [-0.1, -0.05) is 53.2 Å². The van der Waals surface area contributed by atoms with Gasteiger partial charge in [0.15, 0.2) is 37.6 Å². The number of rotatable bonds is 12. The molecular weight excluding hydrogens is 1100 g/mol. The second-order valence-corrected chi connectivity index (χ2v) is 27.6. The van der Waals surface area contributed by atoms with Gasteiger partial charge in [-0.05, 0) is 97.7 Å². The number of hydrogen-bond acceptors (Lipinski definition) is 27. The van der Waals surface area contributed by atoms with Crippen molar-refractivity contribution >= 4 is 5.97 Å². The van der Waals surface area contributed by atoms with Gasteiger partial charge in [0.2, 0.25) is 6.29 Å². The van der Waals surface area contributed by atoms with E-state index in [1.165, 1.54) is 6.92 Å².